The van der Waals surface area contributed by atoms with Gasteiger partial charge in [-0.3, -0.25) is 4.57 Å². The molecule has 1 aliphatic heterocycles. The molecule has 9 heteroatoms. The number of amides is 2. The topological polar surface area (TPSA) is 97.2 Å². The van der Waals surface area contributed by atoms with Crippen LogP contribution in [-0.4, -0.2) is 56.9 Å². The SMILES string of the molecule is CC.COC(Nc1nccc(-n2cnc3ccccc32)n1)C1CCCN(C(=O)Nc2cccc(C)c2)C1. The van der Waals surface area contributed by atoms with Gasteiger partial charge in [0.05, 0.1) is 11.0 Å². The molecule has 2 aromatic carbocycles. The minimum absolute atomic E-state index is 0.0957. The van der Waals surface area contributed by atoms with E-state index < -0.39 is 0 Å². The second-order valence-corrected chi connectivity index (χ2v) is 8.79. The fraction of sp³-hybridized carbons (Fsp3) is 0.357. The number of aryl methyl sites for hydroxylation is 1. The number of imidazole rings is 1. The van der Waals surface area contributed by atoms with Crippen molar-refractivity contribution in [2.24, 2.45) is 5.92 Å². The molecule has 1 saturated heterocycles. The highest BCUT2D eigenvalue weighted by Gasteiger charge is 2.30. The molecular weight excluding hydrogens is 466 g/mol. The first-order valence-corrected chi connectivity index (χ1v) is 12.8. The Labute approximate surface area is 217 Å². The Kier molecular flexibility index (Phi) is 8.68. The normalized spacial score (nSPS) is 16.0. The molecular formula is C28H35N7O2. The fourth-order valence-corrected chi connectivity index (χ4v) is 4.56. The van der Waals surface area contributed by atoms with Gasteiger partial charge in [-0.15, -0.1) is 0 Å². The average molecular weight is 502 g/mol. The van der Waals surface area contributed by atoms with Crippen LogP contribution in [-0.2, 0) is 4.74 Å². The molecule has 0 aliphatic carbocycles. The maximum absolute atomic E-state index is 12.9. The smallest absolute Gasteiger partial charge is 0.321 e. The van der Waals surface area contributed by atoms with E-state index in [4.69, 9.17) is 9.72 Å². The van der Waals surface area contributed by atoms with Gasteiger partial charge in [-0.2, -0.15) is 4.98 Å². The van der Waals surface area contributed by atoms with Crippen molar-refractivity contribution in [1.29, 1.82) is 0 Å². The van der Waals surface area contributed by atoms with E-state index in [1.807, 2.05) is 84.8 Å². The number of para-hydroxylation sites is 2. The fourth-order valence-electron chi connectivity index (χ4n) is 4.56. The second kappa shape index (κ2) is 12.3. The summed E-state index contributed by atoms with van der Waals surface area (Å²) >= 11 is 0. The largest absolute Gasteiger partial charge is 0.361 e. The van der Waals surface area contributed by atoms with E-state index in [1.165, 1.54) is 0 Å². The van der Waals surface area contributed by atoms with Gasteiger partial charge < -0.3 is 20.3 Å². The van der Waals surface area contributed by atoms with Crippen LogP contribution >= 0.6 is 0 Å². The van der Waals surface area contributed by atoms with Crippen molar-refractivity contribution in [1.82, 2.24) is 24.4 Å². The van der Waals surface area contributed by atoms with Crippen LogP contribution in [0.5, 0.6) is 0 Å². The molecule has 194 valence electrons. The lowest BCUT2D eigenvalue weighted by molar-refractivity contribution is 0.0425. The number of likely N-dealkylation sites (tertiary alicyclic amines) is 1. The highest BCUT2D eigenvalue weighted by molar-refractivity contribution is 5.89. The summed E-state index contributed by atoms with van der Waals surface area (Å²) in [6.07, 6.45) is 4.98. The van der Waals surface area contributed by atoms with Crippen LogP contribution in [0.4, 0.5) is 16.4 Å². The molecule has 0 bridgehead atoms. The van der Waals surface area contributed by atoms with Gasteiger partial charge in [-0.1, -0.05) is 38.1 Å². The van der Waals surface area contributed by atoms with Crippen molar-refractivity contribution >= 4 is 28.7 Å². The van der Waals surface area contributed by atoms with E-state index in [-0.39, 0.29) is 18.2 Å². The third kappa shape index (κ3) is 6.24. The standard InChI is InChI=1S/C26H29N7O2.C2H6/c1-18-7-5-9-20(15-18)29-26(34)32-14-6-8-19(16-32)24(35-2)31-25-27-13-12-23(30-25)33-17-28-21-10-3-4-11-22(21)33;1-2/h3-5,7,9-13,15,17,19,24H,6,8,14,16H2,1-2H3,(H,29,34)(H,27,30,31);1-2H3. The predicted octanol–water partition coefficient (Wildman–Crippen LogP) is 5.48. The summed E-state index contributed by atoms with van der Waals surface area (Å²) < 4.78 is 7.72. The van der Waals surface area contributed by atoms with Crippen LogP contribution in [0.25, 0.3) is 16.9 Å². The third-order valence-electron chi connectivity index (χ3n) is 6.31. The van der Waals surface area contributed by atoms with E-state index in [2.05, 4.69) is 20.6 Å². The van der Waals surface area contributed by atoms with Crippen molar-refractivity contribution in [3.63, 3.8) is 0 Å². The summed E-state index contributed by atoms with van der Waals surface area (Å²) in [6, 6.07) is 17.5. The van der Waals surface area contributed by atoms with Gasteiger partial charge in [-0.25, -0.2) is 14.8 Å². The van der Waals surface area contributed by atoms with E-state index in [0.29, 0.717) is 24.9 Å². The maximum atomic E-state index is 12.9. The lowest BCUT2D eigenvalue weighted by Gasteiger charge is -2.36. The number of ether oxygens (including phenoxy) is 1. The molecule has 5 rings (SSSR count). The zero-order valence-corrected chi connectivity index (χ0v) is 21.9. The molecule has 3 heterocycles. The molecule has 4 aromatic rings. The van der Waals surface area contributed by atoms with Gasteiger partial charge >= 0.3 is 6.03 Å². The summed E-state index contributed by atoms with van der Waals surface area (Å²) in [7, 11) is 1.66. The van der Waals surface area contributed by atoms with Crippen LogP contribution in [0.2, 0.25) is 0 Å². The monoisotopic (exact) mass is 501 g/mol. The molecule has 9 nitrogen and oxygen atoms in total. The van der Waals surface area contributed by atoms with Crippen molar-refractivity contribution < 1.29 is 9.53 Å². The first-order valence-electron chi connectivity index (χ1n) is 12.8. The summed E-state index contributed by atoms with van der Waals surface area (Å²) in [5, 5.41) is 6.34. The van der Waals surface area contributed by atoms with Crippen LogP contribution in [0.1, 0.15) is 32.3 Å². The maximum Gasteiger partial charge on any atom is 0.321 e. The zero-order valence-electron chi connectivity index (χ0n) is 21.9. The molecule has 2 unspecified atom stereocenters. The van der Waals surface area contributed by atoms with Crippen molar-refractivity contribution in [2.75, 3.05) is 30.8 Å². The predicted molar refractivity (Wildman–Crippen MR) is 147 cm³/mol. The number of urea groups is 1. The van der Waals surface area contributed by atoms with E-state index >= 15 is 0 Å². The molecule has 2 atom stereocenters. The molecule has 2 aromatic heterocycles. The number of benzene rings is 2. The number of nitrogens with zero attached hydrogens (tertiary/aromatic N) is 5. The highest BCUT2D eigenvalue weighted by Crippen LogP contribution is 2.24. The number of carbonyl (C=O) groups is 1. The molecule has 2 N–H and O–H groups in total. The zero-order chi connectivity index (χ0) is 26.2. The number of fused-ring (bicyclic) bond motifs is 1. The Bertz CT molecular complexity index is 1320. The number of aromatic nitrogens is 4. The average Bonchev–Trinajstić information content (AvgIpc) is 3.37. The minimum atomic E-state index is -0.334. The van der Waals surface area contributed by atoms with Gasteiger partial charge in [0.1, 0.15) is 18.4 Å². The van der Waals surface area contributed by atoms with E-state index in [0.717, 1.165) is 35.1 Å². The van der Waals surface area contributed by atoms with Crippen LogP contribution in [0.3, 0.4) is 0 Å². The summed E-state index contributed by atoms with van der Waals surface area (Å²) in [4.78, 5) is 28.3. The van der Waals surface area contributed by atoms with Crippen LogP contribution < -0.4 is 10.6 Å². The summed E-state index contributed by atoms with van der Waals surface area (Å²) in [5.74, 6) is 1.28. The number of methoxy groups -OCH3 is 1. The molecule has 0 saturated carbocycles. The van der Waals surface area contributed by atoms with Gasteiger partial charge in [0.15, 0.2) is 0 Å². The van der Waals surface area contributed by atoms with Crippen molar-refractivity contribution in [2.45, 2.75) is 39.8 Å². The number of nitrogens with one attached hydrogen (secondary N) is 2. The number of carbonyl (C=O) groups excluding carboxylic acids is 1. The number of anilines is 2. The molecule has 0 radical (unpaired) electrons. The number of hydrogen-bond donors (Lipinski definition) is 2. The van der Waals surface area contributed by atoms with Gasteiger partial charge in [0, 0.05) is 38.0 Å². The Morgan fingerprint density at radius 3 is 2.76 bits per heavy atom. The number of rotatable bonds is 6. The van der Waals surface area contributed by atoms with Gasteiger partial charge in [0.25, 0.3) is 0 Å². The molecule has 1 aliphatic rings. The Hall–Kier alpha value is -3.98. The lowest BCUT2D eigenvalue weighted by Crippen LogP contribution is -2.47. The Morgan fingerprint density at radius 1 is 1.11 bits per heavy atom. The lowest BCUT2D eigenvalue weighted by atomic mass is 9.96. The first kappa shape index (κ1) is 26.1. The Balaban J connectivity index is 0.00000156. The molecule has 2 amide bonds. The van der Waals surface area contributed by atoms with Gasteiger partial charge in [-0.05, 0) is 55.7 Å². The van der Waals surface area contributed by atoms with Crippen molar-refractivity contribution in [3.8, 4) is 5.82 Å². The number of hydrogen-bond acceptors (Lipinski definition) is 6. The molecule has 1 fully saturated rings. The van der Waals surface area contributed by atoms with Crippen molar-refractivity contribution in [3.05, 3.63) is 72.7 Å². The molecule has 0 spiro atoms. The molecule has 37 heavy (non-hydrogen) atoms. The minimum Gasteiger partial charge on any atom is -0.361 e. The van der Waals surface area contributed by atoms with Crippen LogP contribution in [0.15, 0.2) is 67.1 Å². The van der Waals surface area contributed by atoms with E-state index in [1.54, 1.807) is 19.6 Å². The van der Waals surface area contributed by atoms with Gasteiger partial charge in [0.2, 0.25) is 5.95 Å². The second-order valence-electron chi connectivity index (χ2n) is 8.79. The van der Waals surface area contributed by atoms with E-state index in [9.17, 15) is 4.79 Å². The third-order valence-corrected chi connectivity index (χ3v) is 6.31. The van der Waals surface area contributed by atoms with Crippen LogP contribution in [0, 0.1) is 12.8 Å². The Morgan fingerprint density at radius 2 is 1.95 bits per heavy atom. The number of piperidine rings is 1. The quantitative estimate of drug-likeness (QED) is 0.340. The highest BCUT2D eigenvalue weighted by atomic mass is 16.5. The first-order chi connectivity index (χ1) is 18.1. The summed E-state index contributed by atoms with van der Waals surface area (Å²) in [5.41, 5.74) is 3.79. The summed E-state index contributed by atoms with van der Waals surface area (Å²) in [6.45, 7) is 7.30.